The highest BCUT2D eigenvalue weighted by atomic mass is 19.1. The second kappa shape index (κ2) is 8.32. The second-order valence-corrected chi connectivity index (χ2v) is 4.35. The summed E-state index contributed by atoms with van der Waals surface area (Å²) in [4.78, 5) is 11.7. The first kappa shape index (κ1) is 16.2. The Bertz CT molecular complexity index is 474. The molecule has 5 heteroatoms. The molecule has 2 N–H and O–H groups in total. The van der Waals surface area contributed by atoms with Crippen molar-refractivity contribution >= 4 is 12.0 Å². The van der Waals surface area contributed by atoms with Gasteiger partial charge >= 0.3 is 0 Å². The van der Waals surface area contributed by atoms with Gasteiger partial charge in [0, 0.05) is 18.7 Å². The van der Waals surface area contributed by atoms with Gasteiger partial charge in [0.05, 0.1) is 7.11 Å². The van der Waals surface area contributed by atoms with Crippen LogP contribution < -0.4 is 10.1 Å². The van der Waals surface area contributed by atoms with Gasteiger partial charge in [-0.3, -0.25) is 4.79 Å². The number of halogens is 1. The molecular weight excluding hydrogens is 261 g/mol. The average molecular weight is 281 g/mol. The maximum Gasteiger partial charge on any atom is 0.244 e. The van der Waals surface area contributed by atoms with Crippen molar-refractivity contribution in [2.24, 2.45) is 0 Å². The van der Waals surface area contributed by atoms with Gasteiger partial charge < -0.3 is 15.2 Å². The molecule has 1 atom stereocenters. The molecule has 1 amide bonds. The number of ether oxygens (including phenoxy) is 1. The van der Waals surface area contributed by atoms with Crippen LogP contribution in [0.3, 0.4) is 0 Å². The minimum atomic E-state index is -0.471. The van der Waals surface area contributed by atoms with E-state index in [1.165, 1.54) is 31.4 Å². The van der Waals surface area contributed by atoms with Crippen molar-refractivity contribution in [3.8, 4) is 5.75 Å². The molecule has 0 aliphatic rings. The fourth-order valence-electron chi connectivity index (χ4n) is 1.74. The van der Waals surface area contributed by atoms with Crippen molar-refractivity contribution in [1.29, 1.82) is 0 Å². The number of carbonyl (C=O) groups is 1. The van der Waals surface area contributed by atoms with Crippen LogP contribution in [0.25, 0.3) is 6.08 Å². The number of hydrogen-bond acceptors (Lipinski definition) is 3. The standard InChI is InChI=1S/C15H20FNO3/c1-3-12(8-9-18)17-15(19)7-5-11-4-6-14(20-2)13(16)10-11/h4-7,10,12,18H,3,8-9H2,1-2H3,(H,17,19)/b7-5+. The Kier molecular flexibility index (Phi) is 6.73. The highest BCUT2D eigenvalue weighted by molar-refractivity contribution is 5.91. The predicted octanol–water partition coefficient (Wildman–Crippen LogP) is 2.12. The fraction of sp³-hybridized carbons (Fsp3) is 0.400. The fourth-order valence-corrected chi connectivity index (χ4v) is 1.74. The van der Waals surface area contributed by atoms with Gasteiger partial charge in [-0.2, -0.15) is 0 Å². The van der Waals surface area contributed by atoms with Crippen LogP contribution in [-0.4, -0.2) is 30.8 Å². The molecule has 0 aliphatic carbocycles. The molecule has 0 saturated carbocycles. The third-order valence-corrected chi connectivity index (χ3v) is 2.92. The van der Waals surface area contributed by atoms with E-state index in [-0.39, 0.29) is 24.3 Å². The van der Waals surface area contributed by atoms with Crippen molar-refractivity contribution < 1.29 is 19.0 Å². The lowest BCUT2D eigenvalue weighted by molar-refractivity contribution is -0.117. The Hall–Kier alpha value is -1.88. The average Bonchev–Trinajstić information content (AvgIpc) is 2.44. The highest BCUT2D eigenvalue weighted by Gasteiger charge is 2.07. The lowest BCUT2D eigenvalue weighted by atomic mass is 10.1. The zero-order valence-electron chi connectivity index (χ0n) is 11.7. The van der Waals surface area contributed by atoms with E-state index in [0.29, 0.717) is 12.0 Å². The normalized spacial score (nSPS) is 12.4. The van der Waals surface area contributed by atoms with E-state index in [4.69, 9.17) is 9.84 Å². The molecule has 1 rings (SSSR count). The van der Waals surface area contributed by atoms with Crippen LogP contribution in [0.2, 0.25) is 0 Å². The summed E-state index contributed by atoms with van der Waals surface area (Å²) < 4.78 is 18.3. The van der Waals surface area contributed by atoms with E-state index in [0.717, 1.165) is 6.42 Å². The minimum absolute atomic E-state index is 0.0339. The Labute approximate surface area is 118 Å². The Balaban J connectivity index is 2.63. The summed E-state index contributed by atoms with van der Waals surface area (Å²) in [6, 6.07) is 4.42. The molecule has 0 aromatic heterocycles. The number of methoxy groups -OCH3 is 1. The molecule has 0 saturated heterocycles. The van der Waals surface area contributed by atoms with E-state index in [2.05, 4.69) is 5.32 Å². The second-order valence-electron chi connectivity index (χ2n) is 4.35. The van der Waals surface area contributed by atoms with Gasteiger partial charge in [-0.1, -0.05) is 13.0 Å². The molecule has 0 heterocycles. The zero-order chi connectivity index (χ0) is 15.0. The molecule has 1 unspecified atom stereocenters. The quantitative estimate of drug-likeness (QED) is 0.753. The van der Waals surface area contributed by atoms with Gasteiger partial charge in [-0.25, -0.2) is 4.39 Å². The van der Waals surface area contributed by atoms with Gasteiger partial charge in [-0.15, -0.1) is 0 Å². The lowest BCUT2D eigenvalue weighted by Gasteiger charge is -2.13. The number of benzene rings is 1. The van der Waals surface area contributed by atoms with Crippen LogP contribution in [0, 0.1) is 5.82 Å². The van der Waals surface area contributed by atoms with E-state index in [1.807, 2.05) is 6.92 Å². The molecule has 4 nitrogen and oxygen atoms in total. The zero-order valence-corrected chi connectivity index (χ0v) is 11.7. The van der Waals surface area contributed by atoms with Gasteiger partial charge in [0.2, 0.25) is 5.91 Å². The number of hydrogen-bond donors (Lipinski definition) is 2. The van der Waals surface area contributed by atoms with Gasteiger partial charge in [0.25, 0.3) is 0 Å². The Morgan fingerprint density at radius 2 is 2.30 bits per heavy atom. The van der Waals surface area contributed by atoms with Crippen molar-refractivity contribution in [3.05, 3.63) is 35.7 Å². The van der Waals surface area contributed by atoms with Crippen LogP contribution in [0.15, 0.2) is 24.3 Å². The summed E-state index contributed by atoms with van der Waals surface area (Å²) in [7, 11) is 1.40. The number of carbonyl (C=O) groups excluding carboxylic acids is 1. The van der Waals surface area contributed by atoms with Crippen LogP contribution in [-0.2, 0) is 4.79 Å². The summed E-state index contributed by atoms with van der Waals surface area (Å²) in [6.07, 6.45) is 4.15. The molecule has 1 aromatic carbocycles. The molecule has 0 bridgehead atoms. The first-order chi connectivity index (χ1) is 9.60. The van der Waals surface area contributed by atoms with E-state index in [1.54, 1.807) is 6.07 Å². The van der Waals surface area contributed by atoms with Gasteiger partial charge in [0.15, 0.2) is 11.6 Å². The molecule has 0 fully saturated rings. The maximum atomic E-state index is 13.5. The largest absolute Gasteiger partial charge is 0.494 e. The maximum absolute atomic E-state index is 13.5. The van der Waals surface area contributed by atoms with Gasteiger partial charge in [-0.05, 0) is 36.6 Å². The molecule has 0 aliphatic heterocycles. The Morgan fingerprint density at radius 3 is 2.85 bits per heavy atom. The van der Waals surface area contributed by atoms with Crippen molar-refractivity contribution in [3.63, 3.8) is 0 Å². The summed E-state index contributed by atoms with van der Waals surface area (Å²) in [5, 5.41) is 11.6. The SMILES string of the molecule is CCC(CCO)NC(=O)/C=C/c1ccc(OC)c(F)c1. The third kappa shape index (κ3) is 5.01. The summed E-state index contributed by atoms with van der Waals surface area (Å²) in [5.74, 6) is -0.566. The summed E-state index contributed by atoms with van der Waals surface area (Å²) in [6.45, 7) is 1.97. The number of nitrogens with one attached hydrogen (secondary N) is 1. The number of rotatable bonds is 7. The first-order valence-corrected chi connectivity index (χ1v) is 6.53. The molecule has 110 valence electrons. The third-order valence-electron chi connectivity index (χ3n) is 2.92. The summed E-state index contributed by atoms with van der Waals surface area (Å²) in [5.41, 5.74) is 0.577. The molecular formula is C15H20FNO3. The topological polar surface area (TPSA) is 58.6 Å². The van der Waals surface area contributed by atoms with Crippen molar-refractivity contribution in [1.82, 2.24) is 5.32 Å². The van der Waals surface area contributed by atoms with E-state index < -0.39 is 5.82 Å². The van der Waals surface area contributed by atoms with E-state index in [9.17, 15) is 9.18 Å². The smallest absolute Gasteiger partial charge is 0.244 e. The van der Waals surface area contributed by atoms with Crippen LogP contribution >= 0.6 is 0 Å². The van der Waals surface area contributed by atoms with Crippen LogP contribution in [0.4, 0.5) is 4.39 Å². The summed E-state index contributed by atoms with van der Waals surface area (Å²) >= 11 is 0. The monoisotopic (exact) mass is 281 g/mol. The van der Waals surface area contributed by atoms with Crippen LogP contribution in [0.1, 0.15) is 25.3 Å². The lowest BCUT2D eigenvalue weighted by Crippen LogP contribution is -2.33. The van der Waals surface area contributed by atoms with Crippen molar-refractivity contribution in [2.75, 3.05) is 13.7 Å². The van der Waals surface area contributed by atoms with Crippen LogP contribution in [0.5, 0.6) is 5.75 Å². The number of amides is 1. The predicted molar refractivity (Wildman–Crippen MR) is 75.9 cm³/mol. The van der Waals surface area contributed by atoms with E-state index >= 15 is 0 Å². The Morgan fingerprint density at radius 1 is 1.55 bits per heavy atom. The molecule has 1 aromatic rings. The number of aliphatic hydroxyl groups is 1. The van der Waals surface area contributed by atoms with Gasteiger partial charge in [0.1, 0.15) is 0 Å². The molecule has 0 radical (unpaired) electrons. The highest BCUT2D eigenvalue weighted by Crippen LogP contribution is 2.18. The molecule has 0 spiro atoms. The number of aliphatic hydroxyl groups excluding tert-OH is 1. The molecule has 20 heavy (non-hydrogen) atoms. The first-order valence-electron chi connectivity index (χ1n) is 6.53. The minimum Gasteiger partial charge on any atom is -0.494 e. The van der Waals surface area contributed by atoms with Crippen molar-refractivity contribution in [2.45, 2.75) is 25.8 Å².